The summed E-state index contributed by atoms with van der Waals surface area (Å²) in [7, 11) is 1.75. The first-order chi connectivity index (χ1) is 7.04. The normalized spacial score (nSPS) is 14.9. The van der Waals surface area contributed by atoms with E-state index in [1.54, 1.807) is 7.05 Å². The molecule has 0 amide bonds. The van der Waals surface area contributed by atoms with Gasteiger partial charge in [-0.1, -0.05) is 13.8 Å². The van der Waals surface area contributed by atoms with E-state index in [0.29, 0.717) is 25.7 Å². The maximum absolute atomic E-state index is 8.84. The first-order valence-corrected chi connectivity index (χ1v) is 5.29. The average molecular weight is 214 g/mol. The molecule has 0 aromatic carbocycles. The number of nitrogens with zero attached hydrogens (tertiary/aromatic N) is 1. The molecule has 0 aliphatic rings. The summed E-state index contributed by atoms with van der Waals surface area (Å²) in [5.74, 6) is 0.548. The van der Waals surface area contributed by atoms with E-state index in [1.165, 1.54) is 0 Å². The molecule has 0 bridgehead atoms. The van der Waals surface area contributed by atoms with Gasteiger partial charge >= 0.3 is 0 Å². The maximum atomic E-state index is 8.84. The lowest BCUT2D eigenvalue weighted by atomic mass is 10.1. The number of rotatable bonds is 8. The Morgan fingerprint density at radius 2 is 1.93 bits per heavy atom. The van der Waals surface area contributed by atoms with Crippen LogP contribution in [0.3, 0.4) is 0 Å². The highest BCUT2D eigenvalue weighted by molar-refractivity contribution is 5.02. The Morgan fingerprint density at radius 3 is 2.40 bits per heavy atom. The van der Waals surface area contributed by atoms with Crippen molar-refractivity contribution in [2.75, 3.05) is 33.5 Å². The Balaban J connectivity index is 3.43. The van der Waals surface area contributed by atoms with Gasteiger partial charge in [0.2, 0.25) is 0 Å². The van der Waals surface area contributed by atoms with Crippen LogP contribution in [0, 0.1) is 17.2 Å². The third kappa shape index (κ3) is 7.32. The molecule has 0 aromatic heterocycles. The summed E-state index contributed by atoms with van der Waals surface area (Å²) in [5.41, 5.74) is -0.599. The van der Waals surface area contributed by atoms with Crippen molar-refractivity contribution in [3.63, 3.8) is 0 Å². The SMILES string of the molecule is CNC(C)(C#N)COCCOCC(C)C. The molecule has 4 heteroatoms. The molecule has 0 fully saturated rings. The Hall–Kier alpha value is -0.630. The fourth-order valence-electron chi connectivity index (χ4n) is 0.874. The van der Waals surface area contributed by atoms with Crippen LogP contribution in [0.2, 0.25) is 0 Å². The lowest BCUT2D eigenvalue weighted by Gasteiger charge is -2.20. The monoisotopic (exact) mass is 214 g/mol. The van der Waals surface area contributed by atoms with E-state index in [2.05, 4.69) is 25.2 Å². The Labute approximate surface area is 92.6 Å². The van der Waals surface area contributed by atoms with Gasteiger partial charge in [0.15, 0.2) is 0 Å². The Morgan fingerprint density at radius 1 is 1.33 bits per heavy atom. The van der Waals surface area contributed by atoms with Crippen LogP contribution < -0.4 is 5.32 Å². The zero-order chi connectivity index (χ0) is 11.7. The van der Waals surface area contributed by atoms with Crippen molar-refractivity contribution >= 4 is 0 Å². The average Bonchev–Trinajstić information content (AvgIpc) is 2.22. The van der Waals surface area contributed by atoms with Gasteiger partial charge in [0.25, 0.3) is 0 Å². The zero-order valence-corrected chi connectivity index (χ0v) is 10.2. The summed E-state index contributed by atoms with van der Waals surface area (Å²) >= 11 is 0. The minimum atomic E-state index is -0.599. The summed E-state index contributed by atoms with van der Waals surface area (Å²) in [6, 6.07) is 2.16. The molecule has 15 heavy (non-hydrogen) atoms. The van der Waals surface area contributed by atoms with Crippen molar-refractivity contribution in [1.29, 1.82) is 5.26 Å². The quantitative estimate of drug-likeness (QED) is 0.616. The molecule has 0 saturated carbocycles. The molecular formula is C11H22N2O2. The van der Waals surface area contributed by atoms with Crippen molar-refractivity contribution in [1.82, 2.24) is 5.32 Å². The number of nitriles is 1. The van der Waals surface area contributed by atoms with E-state index >= 15 is 0 Å². The number of hydrogen-bond acceptors (Lipinski definition) is 4. The van der Waals surface area contributed by atoms with Crippen LogP contribution in [-0.2, 0) is 9.47 Å². The molecule has 1 N–H and O–H groups in total. The molecule has 88 valence electrons. The second kappa shape index (κ2) is 7.63. The summed E-state index contributed by atoms with van der Waals surface area (Å²) in [6.07, 6.45) is 0. The van der Waals surface area contributed by atoms with Gasteiger partial charge in [0, 0.05) is 6.61 Å². The maximum Gasteiger partial charge on any atom is 0.127 e. The van der Waals surface area contributed by atoms with Gasteiger partial charge in [-0.3, -0.25) is 0 Å². The largest absolute Gasteiger partial charge is 0.379 e. The molecule has 1 atom stereocenters. The van der Waals surface area contributed by atoms with Gasteiger partial charge < -0.3 is 14.8 Å². The zero-order valence-electron chi connectivity index (χ0n) is 10.2. The molecule has 0 aliphatic carbocycles. The van der Waals surface area contributed by atoms with Crippen molar-refractivity contribution in [2.24, 2.45) is 5.92 Å². The van der Waals surface area contributed by atoms with E-state index in [1.807, 2.05) is 6.92 Å². The highest BCUT2D eigenvalue weighted by Gasteiger charge is 2.20. The van der Waals surface area contributed by atoms with Crippen LogP contribution in [0.1, 0.15) is 20.8 Å². The topological polar surface area (TPSA) is 54.3 Å². The standard InChI is InChI=1S/C11H22N2O2/c1-10(2)7-14-5-6-15-9-11(3,8-12)13-4/h10,13H,5-7,9H2,1-4H3. The summed E-state index contributed by atoms with van der Waals surface area (Å²) in [4.78, 5) is 0. The van der Waals surface area contributed by atoms with Crippen molar-refractivity contribution in [3.05, 3.63) is 0 Å². The minimum Gasteiger partial charge on any atom is -0.379 e. The van der Waals surface area contributed by atoms with Gasteiger partial charge in [0.05, 0.1) is 25.9 Å². The van der Waals surface area contributed by atoms with Crippen molar-refractivity contribution in [3.8, 4) is 6.07 Å². The lowest BCUT2D eigenvalue weighted by molar-refractivity contribution is 0.0253. The van der Waals surface area contributed by atoms with E-state index in [0.717, 1.165) is 6.61 Å². The van der Waals surface area contributed by atoms with Crippen LogP contribution >= 0.6 is 0 Å². The van der Waals surface area contributed by atoms with E-state index < -0.39 is 5.54 Å². The fraction of sp³-hybridized carbons (Fsp3) is 0.909. The molecule has 4 nitrogen and oxygen atoms in total. The molecule has 0 heterocycles. The highest BCUT2D eigenvalue weighted by Crippen LogP contribution is 2.01. The molecular weight excluding hydrogens is 192 g/mol. The number of likely N-dealkylation sites (N-methyl/N-ethyl adjacent to an activating group) is 1. The lowest BCUT2D eigenvalue weighted by Crippen LogP contribution is -2.43. The predicted octanol–water partition coefficient (Wildman–Crippen LogP) is 1.18. The second-order valence-corrected chi connectivity index (χ2v) is 4.22. The second-order valence-electron chi connectivity index (χ2n) is 4.22. The van der Waals surface area contributed by atoms with Crippen LogP contribution in [0.15, 0.2) is 0 Å². The van der Waals surface area contributed by atoms with Gasteiger partial charge in [-0.15, -0.1) is 0 Å². The smallest absolute Gasteiger partial charge is 0.127 e. The highest BCUT2D eigenvalue weighted by atomic mass is 16.5. The molecule has 0 spiro atoms. The van der Waals surface area contributed by atoms with Crippen LogP contribution in [0.4, 0.5) is 0 Å². The third-order valence-corrected chi connectivity index (χ3v) is 2.01. The van der Waals surface area contributed by atoms with Crippen LogP contribution in [-0.4, -0.2) is 39.0 Å². The molecule has 1 unspecified atom stereocenters. The van der Waals surface area contributed by atoms with Gasteiger partial charge in [-0.2, -0.15) is 5.26 Å². The molecule has 0 rings (SSSR count). The van der Waals surface area contributed by atoms with Crippen LogP contribution in [0.5, 0.6) is 0 Å². The van der Waals surface area contributed by atoms with Crippen molar-refractivity contribution < 1.29 is 9.47 Å². The molecule has 0 radical (unpaired) electrons. The van der Waals surface area contributed by atoms with E-state index in [-0.39, 0.29) is 0 Å². The number of hydrogen-bond donors (Lipinski definition) is 1. The molecule has 0 aliphatic heterocycles. The van der Waals surface area contributed by atoms with Gasteiger partial charge in [0.1, 0.15) is 5.54 Å². The molecule has 0 saturated heterocycles. The van der Waals surface area contributed by atoms with Gasteiger partial charge in [-0.25, -0.2) is 0 Å². The first-order valence-electron chi connectivity index (χ1n) is 5.29. The first kappa shape index (κ1) is 14.4. The van der Waals surface area contributed by atoms with Crippen LogP contribution in [0.25, 0.3) is 0 Å². The Bertz CT molecular complexity index is 201. The predicted molar refractivity (Wildman–Crippen MR) is 59.6 cm³/mol. The Kier molecular flexibility index (Phi) is 7.31. The number of nitrogens with one attached hydrogen (secondary N) is 1. The summed E-state index contributed by atoms with van der Waals surface area (Å²) in [5, 5.41) is 11.7. The summed E-state index contributed by atoms with van der Waals surface area (Å²) < 4.78 is 10.7. The fourth-order valence-corrected chi connectivity index (χ4v) is 0.874. The summed E-state index contributed by atoms with van der Waals surface area (Å²) in [6.45, 7) is 8.27. The third-order valence-electron chi connectivity index (χ3n) is 2.01. The van der Waals surface area contributed by atoms with Gasteiger partial charge in [-0.05, 0) is 19.9 Å². The molecule has 0 aromatic rings. The minimum absolute atomic E-state index is 0.380. The van der Waals surface area contributed by atoms with E-state index in [9.17, 15) is 0 Å². The van der Waals surface area contributed by atoms with Crippen molar-refractivity contribution in [2.45, 2.75) is 26.3 Å². The number of ether oxygens (including phenoxy) is 2. The van der Waals surface area contributed by atoms with E-state index in [4.69, 9.17) is 14.7 Å².